The largest absolute Gasteiger partial charge is 0.466 e. The van der Waals surface area contributed by atoms with Gasteiger partial charge in [-0.05, 0) is 39.1 Å². The molecule has 0 radical (unpaired) electrons. The summed E-state index contributed by atoms with van der Waals surface area (Å²) >= 11 is 0. The smallest absolute Gasteiger partial charge is 0.335 e. The molecule has 1 aromatic heterocycles. The van der Waals surface area contributed by atoms with E-state index in [0.29, 0.717) is 25.1 Å². The first-order valence-electron chi connectivity index (χ1n) is 10.7. The van der Waals surface area contributed by atoms with Crippen LogP contribution in [0.4, 0.5) is 0 Å². The van der Waals surface area contributed by atoms with Crippen LogP contribution in [0.1, 0.15) is 30.7 Å². The predicted molar refractivity (Wildman–Crippen MR) is 121 cm³/mol. The van der Waals surface area contributed by atoms with Crippen molar-refractivity contribution in [2.45, 2.75) is 32.1 Å². The normalized spacial score (nSPS) is 21.3. The fourth-order valence-corrected chi connectivity index (χ4v) is 4.94. The van der Waals surface area contributed by atoms with Crippen molar-refractivity contribution in [1.82, 2.24) is 14.4 Å². The summed E-state index contributed by atoms with van der Waals surface area (Å²) in [5.74, 6) is -0.922. The minimum absolute atomic E-state index is 0.189. The monoisotopic (exact) mass is 429 g/mol. The molecule has 7 nitrogen and oxygen atoms in total. The number of aromatic nitrogens is 1. The molecule has 7 heteroatoms. The Labute approximate surface area is 184 Å². The van der Waals surface area contributed by atoms with E-state index >= 15 is 0 Å². The zero-order valence-electron chi connectivity index (χ0n) is 19.4. The van der Waals surface area contributed by atoms with Crippen LogP contribution in [0.25, 0.3) is 10.9 Å². The van der Waals surface area contributed by atoms with Crippen LogP contribution in [0.3, 0.4) is 0 Å². The lowest BCUT2D eigenvalue weighted by atomic mass is 9.76. The Hall–Kier alpha value is -2.35. The van der Waals surface area contributed by atoms with Crippen LogP contribution in [0.2, 0.25) is 0 Å². The molecule has 0 spiro atoms. The third-order valence-corrected chi connectivity index (χ3v) is 6.34. The molecule has 2 unspecified atom stereocenters. The van der Waals surface area contributed by atoms with Crippen molar-refractivity contribution in [3.8, 4) is 0 Å². The number of nitrogens with zero attached hydrogens (tertiary/aromatic N) is 3. The van der Waals surface area contributed by atoms with Crippen molar-refractivity contribution < 1.29 is 19.7 Å². The van der Waals surface area contributed by atoms with Gasteiger partial charge >= 0.3 is 5.97 Å². The van der Waals surface area contributed by atoms with Gasteiger partial charge in [-0.15, -0.1) is 0 Å². The summed E-state index contributed by atoms with van der Waals surface area (Å²) in [6, 6.07) is 8.14. The second kappa shape index (κ2) is 9.42. The van der Waals surface area contributed by atoms with Gasteiger partial charge in [0.15, 0.2) is 0 Å². The highest BCUT2D eigenvalue weighted by Gasteiger charge is 2.39. The van der Waals surface area contributed by atoms with E-state index in [-0.39, 0.29) is 11.8 Å². The van der Waals surface area contributed by atoms with Gasteiger partial charge in [-0.1, -0.05) is 18.2 Å². The van der Waals surface area contributed by atoms with Crippen LogP contribution < -0.4 is 0 Å². The van der Waals surface area contributed by atoms with Gasteiger partial charge in [-0.3, -0.25) is 0 Å². The summed E-state index contributed by atoms with van der Waals surface area (Å²) in [7, 11) is 9.23. The van der Waals surface area contributed by atoms with Crippen molar-refractivity contribution in [1.29, 1.82) is 0 Å². The van der Waals surface area contributed by atoms with Gasteiger partial charge < -0.3 is 29.3 Å². The third-order valence-electron chi connectivity index (χ3n) is 6.34. The van der Waals surface area contributed by atoms with E-state index in [1.165, 1.54) is 7.11 Å². The first-order valence-corrected chi connectivity index (χ1v) is 10.7. The Morgan fingerprint density at radius 1 is 1.26 bits per heavy atom. The number of hydrogen-bond donors (Lipinski definition) is 2. The fourth-order valence-electron chi connectivity index (χ4n) is 4.94. The lowest BCUT2D eigenvalue weighted by Gasteiger charge is -2.38. The van der Waals surface area contributed by atoms with E-state index in [0.717, 1.165) is 22.2 Å². The number of aryl methyl sites for hydroxylation is 1. The zero-order valence-corrected chi connectivity index (χ0v) is 19.4. The lowest BCUT2D eigenvalue weighted by Crippen LogP contribution is -2.42. The highest BCUT2D eigenvalue weighted by molar-refractivity contribution is 5.89. The van der Waals surface area contributed by atoms with Gasteiger partial charge in [-0.2, -0.15) is 0 Å². The van der Waals surface area contributed by atoms with Crippen molar-refractivity contribution in [2.75, 3.05) is 34.8 Å². The number of methoxy groups -OCH3 is 1. The molecule has 1 aliphatic rings. The molecule has 2 N–H and O–H groups in total. The van der Waals surface area contributed by atoms with E-state index < -0.39 is 18.2 Å². The van der Waals surface area contributed by atoms with Gasteiger partial charge in [0.1, 0.15) is 0 Å². The molecule has 1 aliphatic heterocycles. The SMILES string of the molecule is COC(=O)C1=CN(C)C[C@H](C(C)O)[C@@H]1CC(O)c1c(CN(C)C)c2ccccc2n1C. The molecule has 170 valence electrons. The molecule has 2 heterocycles. The van der Waals surface area contributed by atoms with Crippen molar-refractivity contribution in [3.05, 3.63) is 47.3 Å². The average molecular weight is 430 g/mol. The number of para-hydroxylation sites is 1. The molecule has 0 fully saturated rings. The first kappa shape index (κ1) is 23.3. The van der Waals surface area contributed by atoms with E-state index in [9.17, 15) is 15.0 Å². The molecule has 4 atom stereocenters. The van der Waals surface area contributed by atoms with E-state index in [2.05, 4.69) is 17.0 Å². The minimum atomic E-state index is -0.796. The maximum absolute atomic E-state index is 12.5. The molecule has 0 saturated carbocycles. The van der Waals surface area contributed by atoms with E-state index in [1.54, 1.807) is 13.1 Å². The molecule has 0 amide bonds. The van der Waals surface area contributed by atoms with Gasteiger partial charge in [0.25, 0.3) is 0 Å². The second-order valence-electron chi connectivity index (χ2n) is 8.96. The maximum atomic E-state index is 12.5. The van der Waals surface area contributed by atoms with Crippen LogP contribution in [0, 0.1) is 11.8 Å². The van der Waals surface area contributed by atoms with Crippen molar-refractivity contribution >= 4 is 16.9 Å². The van der Waals surface area contributed by atoms with E-state index in [4.69, 9.17) is 4.74 Å². The van der Waals surface area contributed by atoms with Crippen LogP contribution in [0.5, 0.6) is 0 Å². The van der Waals surface area contributed by atoms with Crippen molar-refractivity contribution in [2.24, 2.45) is 18.9 Å². The minimum Gasteiger partial charge on any atom is -0.466 e. The molecule has 0 aliphatic carbocycles. The van der Waals surface area contributed by atoms with Crippen molar-refractivity contribution in [3.63, 3.8) is 0 Å². The molecule has 1 aromatic carbocycles. The molecule has 3 rings (SSSR count). The van der Waals surface area contributed by atoms with Crippen LogP contribution in [-0.2, 0) is 23.1 Å². The maximum Gasteiger partial charge on any atom is 0.335 e. The Kier molecular flexibility index (Phi) is 7.09. The number of rotatable bonds is 7. The number of fused-ring (bicyclic) bond motifs is 1. The average Bonchev–Trinajstić information content (AvgIpc) is 2.99. The Balaban J connectivity index is 2.05. The Bertz CT molecular complexity index is 963. The standard InChI is InChI=1S/C24H35N3O4/c1-15(28)18-13-26(4)14-20(24(30)31-6)17(18)11-22(29)23-19(12-25(2)3)16-9-7-8-10-21(16)27(23)5/h7-10,14-15,17-18,22,28-29H,11-13H2,1-6H3/t15?,17-,18+,22?/m0/s1. The molecule has 31 heavy (non-hydrogen) atoms. The number of carbonyl (C=O) groups excluding carboxylic acids is 1. The highest BCUT2D eigenvalue weighted by atomic mass is 16.5. The van der Waals surface area contributed by atoms with Crippen LogP contribution >= 0.6 is 0 Å². The van der Waals surface area contributed by atoms with Crippen LogP contribution in [-0.4, -0.2) is 71.5 Å². The van der Waals surface area contributed by atoms with Crippen LogP contribution in [0.15, 0.2) is 36.0 Å². The number of aliphatic hydroxyl groups excluding tert-OH is 2. The molecular formula is C24H35N3O4. The van der Waals surface area contributed by atoms with Gasteiger partial charge in [-0.25, -0.2) is 4.79 Å². The Morgan fingerprint density at radius 2 is 1.94 bits per heavy atom. The molecule has 2 aromatic rings. The number of ether oxygens (including phenoxy) is 1. The summed E-state index contributed by atoms with van der Waals surface area (Å²) in [5, 5.41) is 23.1. The Morgan fingerprint density at radius 3 is 2.55 bits per heavy atom. The lowest BCUT2D eigenvalue weighted by molar-refractivity contribution is -0.137. The number of carbonyl (C=O) groups is 1. The zero-order chi connectivity index (χ0) is 22.9. The summed E-state index contributed by atoms with van der Waals surface area (Å²) in [5.41, 5.74) is 3.49. The van der Waals surface area contributed by atoms with Gasteiger partial charge in [0, 0.05) is 56.1 Å². The summed E-state index contributed by atoms with van der Waals surface area (Å²) in [4.78, 5) is 16.5. The molecular weight excluding hydrogens is 394 g/mol. The first-order chi connectivity index (χ1) is 14.6. The third kappa shape index (κ3) is 4.63. The quantitative estimate of drug-likeness (QED) is 0.658. The topological polar surface area (TPSA) is 78.2 Å². The fraction of sp³-hybridized carbons (Fsp3) is 0.542. The van der Waals surface area contributed by atoms with E-state index in [1.807, 2.05) is 49.8 Å². The predicted octanol–water partition coefficient (Wildman–Crippen LogP) is 2.28. The summed E-state index contributed by atoms with van der Waals surface area (Å²) in [6.45, 7) is 3.04. The number of hydrogen-bond acceptors (Lipinski definition) is 6. The number of esters is 1. The summed E-state index contributed by atoms with van der Waals surface area (Å²) in [6.07, 6.45) is 0.691. The number of benzene rings is 1. The molecule has 0 bridgehead atoms. The molecule has 0 saturated heterocycles. The second-order valence-corrected chi connectivity index (χ2v) is 8.96. The number of aliphatic hydroxyl groups is 2. The van der Waals surface area contributed by atoms with Gasteiger partial charge in [0.05, 0.1) is 30.6 Å². The highest BCUT2D eigenvalue weighted by Crippen LogP contribution is 2.39. The van der Waals surface area contributed by atoms with Gasteiger partial charge in [0.2, 0.25) is 0 Å². The summed E-state index contributed by atoms with van der Waals surface area (Å²) < 4.78 is 7.07.